The maximum Gasteiger partial charge on any atom is 0.152 e. The van der Waals surface area contributed by atoms with Gasteiger partial charge in [0.2, 0.25) is 0 Å². The van der Waals surface area contributed by atoms with Gasteiger partial charge in [-0.25, -0.2) is 0 Å². The summed E-state index contributed by atoms with van der Waals surface area (Å²) in [5, 5.41) is 0. The van der Waals surface area contributed by atoms with Gasteiger partial charge in [-0.1, -0.05) is 24.6 Å². The normalized spacial score (nSPS) is 10.1. The first-order chi connectivity index (χ1) is 7.13. The smallest absolute Gasteiger partial charge is 0.152 e. The molecule has 0 heterocycles. The molecular weight excluding hydrogens is 186 g/mol. The Balaban J connectivity index is 2.57. The van der Waals surface area contributed by atoms with Gasteiger partial charge >= 0.3 is 0 Å². The fourth-order valence-corrected chi connectivity index (χ4v) is 1.51. The van der Waals surface area contributed by atoms with Crippen molar-refractivity contribution in [3.05, 3.63) is 29.8 Å². The topological polar surface area (TPSA) is 20.3 Å². The Morgan fingerprint density at radius 1 is 1.27 bits per heavy atom. The fourth-order valence-electron chi connectivity index (χ4n) is 1.51. The summed E-state index contributed by atoms with van der Waals surface area (Å²) in [7, 11) is 1.96. The highest BCUT2D eigenvalue weighted by atomic mass is 16.1. The van der Waals surface area contributed by atoms with Crippen molar-refractivity contribution < 1.29 is 4.79 Å². The molecule has 0 amide bonds. The molecule has 15 heavy (non-hydrogen) atoms. The van der Waals surface area contributed by atoms with Crippen molar-refractivity contribution in [1.82, 2.24) is 0 Å². The minimum atomic E-state index is 0.306. The number of ketones is 1. The molecule has 0 aliphatic heterocycles. The van der Waals surface area contributed by atoms with Crippen LogP contribution in [0.3, 0.4) is 0 Å². The first-order valence-corrected chi connectivity index (χ1v) is 5.43. The van der Waals surface area contributed by atoms with Crippen LogP contribution in [0.25, 0.3) is 0 Å². The van der Waals surface area contributed by atoms with E-state index in [0.29, 0.717) is 18.7 Å². The molecule has 0 saturated carbocycles. The quantitative estimate of drug-likeness (QED) is 0.736. The summed E-state index contributed by atoms with van der Waals surface area (Å²) in [5.74, 6) is 0.306. The minimum absolute atomic E-state index is 0.306. The highest BCUT2D eigenvalue weighted by Crippen LogP contribution is 2.13. The highest BCUT2D eigenvalue weighted by molar-refractivity contribution is 5.83. The van der Waals surface area contributed by atoms with Crippen molar-refractivity contribution in [3.8, 4) is 0 Å². The highest BCUT2D eigenvalue weighted by Gasteiger charge is 2.05. The van der Waals surface area contributed by atoms with E-state index in [1.54, 1.807) is 0 Å². The van der Waals surface area contributed by atoms with Gasteiger partial charge in [-0.15, -0.1) is 0 Å². The molecule has 1 aromatic carbocycles. The minimum Gasteiger partial charge on any atom is -0.367 e. The van der Waals surface area contributed by atoms with Gasteiger partial charge in [0, 0.05) is 19.2 Å². The van der Waals surface area contributed by atoms with E-state index in [2.05, 4.69) is 31.2 Å². The van der Waals surface area contributed by atoms with E-state index in [9.17, 15) is 4.79 Å². The maximum atomic E-state index is 11.5. The van der Waals surface area contributed by atoms with Crippen LogP contribution >= 0.6 is 0 Å². The molecule has 0 radical (unpaired) electrons. The number of anilines is 1. The lowest BCUT2D eigenvalue weighted by Crippen LogP contribution is -2.25. The van der Waals surface area contributed by atoms with Crippen LogP contribution in [0, 0.1) is 6.92 Å². The standard InChI is InChI=1S/C13H19NO/c1-4-5-13(15)10-14(3)12-8-6-11(2)7-9-12/h6-9H,4-5,10H2,1-3H3. The zero-order chi connectivity index (χ0) is 11.3. The van der Waals surface area contributed by atoms with Crippen molar-refractivity contribution in [2.75, 3.05) is 18.5 Å². The first kappa shape index (κ1) is 11.8. The molecule has 0 spiro atoms. The van der Waals surface area contributed by atoms with E-state index in [1.165, 1.54) is 5.56 Å². The third kappa shape index (κ3) is 3.74. The molecule has 2 heteroatoms. The van der Waals surface area contributed by atoms with E-state index in [1.807, 2.05) is 18.9 Å². The zero-order valence-corrected chi connectivity index (χ0v) is 9.79. The second-order valence-electron chi connectivity index (χ2n) is 3.98. The van der Waals surface area contributed by atoms with Crippen molar-refractivity contribution in [2.24, 2.45) is 0 Å². The van der Waals surface area contributed by atoms with Gasteiger partial charge in [-0.3, -0.25) is 4.79 Å². The van der Waals surface area contributed by atoms with Crippen LogP contribution in [0.2, 0.25) is 0 Å². The number of Topliss-reactive ketones (excluding diaryl/α,β-unsaturated/α-hetero) is 1. The van der Waals surface area contributed by atoms with Crippen molar-refractivity contribution in [2.45, 2.75) is 26.7 Å². The lowest BCUT2D eigenvalue weighted by Gasteiger charge is -2.18. The molecular formula is C13H19NO. The molecule has 0 bridgehead atoms. The Morgan fingerprint density at radius 2 is 1.87 bits per heavy atom. The molecule has 1 aromatic rings. The second kappa shape index (κ2) is 5.54. The van der Waals surface area contributed by atoms with Gasteiger partial charge in [0.15, 0.2) is 5.78 Å². The summed E-state index contributed by atoms with van der Waals surface area (Å²) in [4.78, 5) is 13.4. The number of aryl methyl sites for hydroxylation is 1. The second-order valence-corrected chi connectivity index (χ2v) is 3.98. The largest absolute Gasteiger partial charge is 0.367 e. The van der Waals surface area contributed by atoms with Crippen molar-refractivity contribution in [1.29, 1.82) is 0 Å². The van der Waals surface area contributed by atoms with Crippen LogP contribution < -0.4 is 4.90 Å². The fraction of sp³-hybridized carbons (Fsp3) is 0.462. The number of hydrogen-bond donors (Lipinski definition) is 0. The van der Waals surface area contributed by atoms with E-state index >= 15 is 0 Å². The average molecular weight is 205 g/mol. The van der Waals surface area contributed by atoms with Gasteiger partial charge in [0.05, 0.1) is 6.54 Å². The summed E-state index contributed by atoms with van der Waals surface area (Å²) in [6.45, 7) is 4.60. The molecule has 0 unspecified atom stereocenters. The molecule has 0 saturated heterocycles. The number of hydrogen-bond acceptors (Lipinski definition) is 2. The molecule has 0 N–H and O–H groups in total. The van der Waals surface area contributed by atoms with Gasteiger partial charge in [0.1, 0.15) is 0 Å². The van der Waals surface area contributed by atoms with Crippen molar-refractivity contribution in [3.63, 3.8) is 0 Å². The molecule has 0 fully saturated rings. The van der Waals surface area contributed by atoms with Crippen molar-refractivity contribution >= 4 is 11.5 Å². The number of carbonyl (C=O) groups excluding carboxylic acids is 1. The summed E-state index contributed by atoms with van der Waals surface area (Å²) >= 11 is 0. The van der Waals surface area contributed by atoms with E-state index in [0.717, 1.165) is 12.1 Å². The summed E-state index contributed by atoms with van der Waals surface area (Å²) in [6, 6.07) is 8.23. The third-order valence-corrected chi connectivity index (χ3v) is 2.42. The monoisotopic (exact) mass is 205 g/mol. The van der Waals surface area contributed by atoms with E-state index in [-0.39, 0.29) is 0 Å². The number of rotatable bonds is 5. The number of nitrogens with zero attached hydrogens (tertiary/aromatic N) is 1. The third-order valence-electron chi connectivity index (χ3n) is 2.42. The molecule has 0 atom stereocenters. The van der Waals surface area contributed by atoms with E-state index < -0.39 is 0 Å². The Hall–Kier alpha value is -1.31. The number of likely N-dealkylation sites (N-methyl/N-ethyl adjacent to an activating group) is 1. The predicted molar refractivity (Wildman–Crippen MR) is 64.4 cm³/mol. The lowest BCUT2D eigenvalue weighted by atomic mass is 10.2. The average Bonchev–Trinajstić information content (AvgIpc) is 2.18. The van der Waals surface area contributed by atoms with Crippen LogP contribution in [0.1, 0.15) is 25.3 Å². The van der Waals surface area contributed by atoms with Crippen LogP contribution in [-0.2, 0) is 4.79 Å². The van der Waals surface area contributed by atoms with Crippen LogP contribution in [0.5, 0.6) is 0 Å². The lowest BCUT2D eigenvalue weighted by molar-refractivity contribution is -0.117. The zero-order valence-electron chi connectivity index (χ0n) is 9.79. The SMILES string of the molecule is CCCC(=O)CN(C)c1ccc(C)cc1. The molecule has 82 valence electrons. The molecule has 2 nitrogen and oxygen atoms in total. The van der Waals surface area contributed by atoms with Crippen LogP contribution in [-0.4, -0.2) is 19.4 Å². The number of benzene rings is 1. The molecule has 0 aliphatic rings. The van der Waals surface area contributed by atoms with Crippen LogP contribution in [0.15, 0.2) is 24.3 Å². The Bertz CT molecular complexity index is 316. The number of carbonyl (C=O) groups is 1. The maximum absolute atomic E-state index is 11.5. The molecule has 1 rings (SSSR count). The Morgan fingerprint density at radius 3 is 2.40 bits per heavy atom. The predicted octanol–water partition coefficient (Wildman–Crippen LogP) is 2.80. The van der Waals surface area contributed by atoms with Gasteiger partial charge in [-0.2, -0.15) is 0 Å². The summed E-state index contributed by atoms with van der Waals surface area (Å²) in [5.41, 5.74) is 2.34. The molecule has 0 aliphatic carbocycles. The first-order valence-electron chi connectivity index (χ1n) is 5.43. The summed E-state index contributed by atoms with van der Waals surface area (Å²) < 4.78 is 0. The Labute approximate surface area is 91.9 Å². The summed E-state index contributed by atoms with van der Waals surface area (Å²) in [6.07, 6.45) is 1.61. The van der Waals surface area contributed by atoms with E-state index in [4.69, 9.17) is 0 Å². The van der Waals surface area contributed by atoms with Gasteiger partial charge in [0.25, 0.3) is 0 Å². The Kier molecular flexibility index (Phi) is 4.35. The van der Waals surface area contributed by atoms with Gasteiger partial charge in [-0.05, 0) is 25.5 Å². The molecule has 0 aromatic heterocycles. The van der Waals surface area contributed by atoms with Gasteiger partial charge < -0.3 is 4.90 Å². The van der Waals surface area contributed by atoms with Crippen LogP contribution in [0.4, 0.5) is 5.69 Å².